The van der Waals surface area contributed by atoms with Crippen LogP contribution in [0.5, 0.6) is 0 Å². The van der Waals surface area contributed by atoms with Crippen LogP contribution in [0.2, 0.25) is 0 Å². The summed E-state index contributed by atoms with van der Waals surface area (Å²) < 4.78 is 18.1. The Kier molecular flexibility index (Phi) is 16.1. The molecule has 0 unspecified atom stereocenters. The first-order chi connectivity index (χ1) is 61.5. The molecule has 2 aliphatic rings. The van der Waals surface area contributed by atoms with Gasteiger partial charge in [0.05, 0.1) is 38.6 Å². The number of para-hydroxylation sites is 4. The van der Waals surface area contributed by atoms with Crippen molar-refractivity contribution in [3.05, 3.63) is 506 Å². The molecule has 6 nitrogen and oxygen atoms in total. The van der Waals surface area contributed by atoms with E-state index >= 15 is 0 Å². The Balaban J connectivity index is 0.000000136. The SMILES string of the molecule is c1ccc(C2(c3ccccc3)c3ccccc3-c3c(N(c4ccc(-n5c6ccccc6c6ccccc65)cc4)c4ccc5oc6c7ccccc7ccc6c5c4)cccc32)cc1.c1ccc(C2(c3ccccc3)c3ccccc3-c3ccc(N(c4ccc(-n5c6ccccc6c6ccccc65)cc4)c4ccc5oc6c7ccccc7ccc6c5c4)cc32)cc1. The Labute approximate surface area is 716 Å². The maximum atomic E-state index is 6.66. The van der Waals surface area contributed by atoms with Gasteiger partial charge in [-0.05, 0) is 211 Å². The molecule has 0 bridgehead atoms. The van der Waals surface area contributed by atoms with E-state index in [0.29, 0.717) is 0 Å². The van der Waals surface area contributed by atoms with Crippen molar-refractivity contribution in [2.75, 3.05) is 9.80 Å². The summed E-state index contributed by atoms with van der Waals surface area (Å²) in [6, 6.07) is 168. The summed E-state index contributed by atoms with van der Waals surface area (Å²) in [5.74, 6) is 0. The summed E-state index contributed by atoms with van der Waals surface area (Å²) in [4.78, 5) is 4.87. The van der Waals surface area contributed by atoms with Crippen LogP contribution in [0.1, 0.15) is 44.5 Å². The van der Waals surface area contributed by atoms with Crippen molar-refractivity contribution in [2.24, 2.45) is 0 Å². The second kappa shape index (κ2) is 28.2. The van der Waals surface area contributed by atoms with Gasteiger partial charge in [-0.1, -0.05) is 322 Å². The van der Waals surface area contributed by atoms with E-state index in [1.807, 2.05) is 0 Å². The third-order valence-corrected chi connectivity index (χ3v) is 26.5. The molecular weight excluding hydrogens is 1510 g/mol. The summed E-state index contributed by atoms with van der Waals surface area (Å²) in [5.41, 5.74) is 31.0. The number of fused-ring (bicyclic) bond motifs is 22. The molecule has 0 amide bonds. The number of hydrogen-bond donors (Lipinski definition) is 0. The molecule has 0 aliphatic heterocycles. The number of aromatic nitrogens is 2. The Bertz CT molecular complexity index is 8100. The minimum absolute atomic E-state index is 0.526. The first kappa shape index (κ1) is 70.7. The molecule has 6 heteroatoms. The molecule has 580 valence electrons. The fraction of sp³-hybridized carbons (Fsp3) is 0.0169. The highest BCUT2D eigenvalue weighted by Crippen LogP contribution is 2.61. The van der Waals surface area contributed by atoms with Gasteiger partial charge in [0.15, 0.2) is 0 Å². The topological polar surface area (TPSA) is 42.6 Å². The molecule has 0 saturated heterocycles. The quantitative estimate of drug-likeness (QED) is 0.122. The van der Waals surface area contributed by atoms with Crippen molar-refractivity contribution in [1.29, 1.82) is 0 Å². The molecule has 0 saturated carbocycles. The van der Waals surface area contributed by atoms with Crippen molar-refractivity contribution in [1.82, 2.24) is 9.13 Å². The summed E-state index contributed by atoms with van der Waals surface area (Å²) >= 11 is 0. The van der Waals surface area contributed by atoms with Crippen LogP contribution in [0.25, 0.3) is 143 Å². The van der Waals surface area contributed by atoms with Crippen molar-refractivity contribution >= 4 is 143 Å². The van der Waals surface area contributed by atoms with Gasteiger partial charge in [-0.15, -0.1) is 0 Å². The average Bonchev–Trinajstić information content (AvgIpc) is 1.53. The van der Waals surface area contributed by atoms with E-state index in [-0.39, 0.29) is 0 Å². The van der Waals surface area contributed by atoms with Gasteiger partial charge in [-0.25, -0.2) is 0 Å². The largest absolute Gasteiger partial charge is 0.455 e. The van der Waals surface area contributed by atoms with Gasteiger partial charge in [0.2, 0.25) is 0 Å². The molecule has 4 heterocycles. The van der Waals surface area contributed by atoms with Gasteiger partial charge in [0, 0.05) is 99.2 Å². The minimum Gasteiger partial charge on any atom is -0.455 e. The molecule has 20 aromatic carbocycles. The molecule has 4 aromatic heterocycles. The normalized spacial score (nSPS) is 13.0. The van der Waals surface area contributed by atoms with E-state index in [1.54, 1.807) is 0 Å². The Morgan fingerprint density at radius 2 is 0.540 bits per heavy atom. The zero-order chi connectivity index (χ0) is 81.6. The molecule has 0 atom stereocenters. The number of rotatable bonds is 12. The maximum absolute atomic E-state index is 6.66. The van der Waals surface area contributed by atoms with Gasteiger partial charge in [-0.3, -0.25) is 0 Å². The molecule has 24 aromatic rings. The maximum Gasteiger partial charge on any atom is 0.143 e. The highest BCUT2D eigenvalue weighted by Gasteiger charge is 2.49. The minimum atomic E-state index is -0.526. The lowest BCUT2D eigenvalue weighted by Gasteiger charge is -2.35. The molecular formula is C118H76N4O2. The predicted octanol–water partition coefficient (Wildman–Crippen LogP) is 31.3. The molecule has 0 fully saturated rings. The lowest BCUT2D eigenvalue weighted by Crippen LogP contribution is -2.28. The summed E-state index contributed by atoms with van der Waals surface area (Å²) in [7, 11) is 0. The molecule has 2 aliphatic carbocycles. The van der Waals surface area contributed by atoms with Crippen molar-refractivity contribution in [2.45, 2.75) is 10.8 Å². The van der Waals surface area contributed by atoms with Crippen molar-refractivity contribution in [3.8, 4) is 33.6 Å². The van der Waals surface area contributed by atoms with Crippen LogP contribution >= 0.6 is 0 Å². The van der Waals surface area contributed by atoms with Gasteiger partial charge >= 0.3 is 0 Å². The zero-order valence-corrected chi connectivity index (χ0v) is 67.5. The zero-order valence-electron chi connectivity index (χ0n) is 67.5. The third-order valence-electron chi connectivity index (χ3n) is 26.5. The highest BCUT2D eigenvalue weighted by atomic mass is 16.3. The van der Waals surface area contributed by atoms with E-state index < -0.39 is 10.8 Å². The van der Waals surface area contributed by atoms with Gasteiger partial charge in [0.25, 0.3) is 0 Å². The van der Waals surface area contributed by atoms with Crippen molar-refractivity contribution < 1.29 is 8.83 Å². The van der Waals surface area contributed by atoms with Crippen LogP contribution in [0.15, 0.2) is 470 Å². The monoisotopic (exact) mass is 1580 g/mol. The van der Waals surface area contributed by atoms with E-state index in [0.717, 1.165) is 100 Å². The smallest absolute Gasteiger partial charge is 0.143 e. The van der Waals surface area contributed by atoms with E-state index in [2.05, 4.69) is 480 Å². The van der Waals surface area contributed by atoms with Crippen LogP contribution in [0.3, 0.4) is 0 Å². The summed E-state index contributed by atoms with van der Waals surface area (Å²) in [5, 5.41) is 14.0. The van der Waals surface area contributed by atoms with E-state index in [4.69, 9.17) is 8.83 Å². The van der Waals surface area contributed by atoms with E-state index in [9.17, 15) is 0 Å². The first-order valence-corrected chi connectivity index (χ1v) is 42.7. The Morgan fingerprint density at radius 1 is 0.202 bits per heavy atom. The Morgan fingerprint density at radius 3 is 1.01 bits per heavy atom. The number of nitrogens with zero attached hydrogens (tertiary/aromatic N) is 4. The molecule has 124 heavy (non-hydrogen) atoms. The van der Waals surface area contributed by atoms with Crippen LogP contribution in [0, 0.1) is 0 Å². The predicted molar refractivity (Wildman–Crippen MR) is 515 cm³/mol. The standard InChI is InChI=1S/2C59H38N2O/c1-3-17-40(18-4-1)59(41-19-5-2-6-20-41)51-25-12-9-24-49(51)57-52(59)26-15-29-55(57)60(44-35-37-56-50(38-44)48-36-30-39-16-7-8-21-45(39)58(48)62-56)42-31-33-43(34-32-42)61-53-27-13-10-22-46(53)47-23-11-14-28-54(47)61;1-3-16-40(17-4-1)59(41-18-5-2-6-19-41)53-24-12-9-21-47(53)48-35-32-45(38-54(48)59)60(44-33-36-57-52(37-44)51-34-27-39-15-7-8-20-46(39)58(51)62-57)42-28-30-43(31-29-42)61-55-25-13-10-22-49(55)50-23-11-14-26-56(50)61/h2*1-38H. The lowest BCUT2D eigenvalue weighted by molar-refractivity contribution is 0.672. The van der Waals surface area contributed by atoms with Crippen LogP contribution in [0.4, 0.5) is 34.1 Å². The first-order valence-electron chi connectivity index (χ1n) is 42.7. The lowest BCUT2D eigenvalue weighted by atomic mass is 9.67. The van der Waals surface area contributed by atoms with Crippen LogP contribution in [-0.2, 0) is 10.8 Å². The fourth-order valence-corrected chi connectivity index (χ4v) is 21.3. The molecule has 0 spiro atoms. The number of furan rings is 2. The summed E-state index contributed by atoms with van der Waals surface area (Å²) in [6.07, 6.45) is 0. The molecule has 0 radical (unpaired) electrons. The molecule has 26 rings (SSSR count). The fourth-order valence-electron chi connectivity index (χ4n) is 21.3. The number of anilines is 6. The second-order valence-corrected chi connectivity index (χ2v) is 32.8. The second-order valence-electron chi connectivity index (χ2n) is 32.8. The average molecular weight is 1580 g/mol. The van der Waals surface area contributed by atoms with Crippen molar-refractivity contribution in [3.63, 3.8) is 0 Å². The van der Waals surface area contributed by atoms with Gasteiger partial charge in [-0.2, -0.15) is 0 Å². The van der Waals surface area contributed by atoms with Crippen LogP contribution in [-0.4, -0.2) is 9.13 Å². The summed E-state index contributed by atoms with van der Waals surface area (Å²) in [6.45, 7) is 0. The number of benzene rings is 20. The number of hydrogen-bond acceptors (Lipinski definition) is 4. The van der Waals surface area contributed by atoms with E-state index in [1.165, 1.54) is 121 Å². The molecule has 0 N–H and O–H groups in total. The third kappa shape index (κ3) is 10.6. The van der Waals surface area contributed by atoms with Crippen LogP contribution < -0.4 is 9.80 Å². The Hall–Kier alpha value is -16.3. The highest BCUT2D eigenvalue weighted by molar-refractivity contribution is 6.18. The van der Waals surface area contributed by atoms with Gasteiger partial charge < -0.3 is 27.8 Å². The van der Waals surface area contributed by atoms with Gasteiger partial charge in [0.1, 0.15) is 22.3 Å².